The molecule has 1 amide bonds. The number of rotatable bonds is 4. The Balaban J connectivity index is 2.32. The first kappa shape index (κ1) is 16.2. The third kappa shape index (κ3) is 3.03. The molecule has 0 fully saturated rings. The Labute approximate surface area is 132 Å². The van der Waals surface area contributed by atoms with Gasteiger partial charge in [0.15, 0.2) is 5.78 Å². The number of nitrogens with one attached hydrogen (secondary N) is 1. The molecule has 4 N–H and O–H groups in total. The monoisotopic (exact) mass is 318 g/mol. The number of benzene rings is 1. The maximum atomic E-state index is 12.4. The predicted octanol–water partition coefficient (Wildman–Crippen LogP) is 2.68. The van der Waals surface area contributed by atoms with E-state index in [1.807, 2.05) is 32.0 Å². The summed E-state index contributed by atoms with van der Waals surface area (Å²) in [7, 11) is 0. The Morgan fingerprint density at radius 1 is 1.27 bits per heavy atom. The van der Waals surface area contributed by atoms with E-state index in [2.05, 4.69) is 5.32 Å². The minimum absolute atomic E-state index is 0.235. The molecule has 1 aromatic carbocycles. The molecule has 22 heavy (non-hydrogen) atoms. The van der Waals surface area contributed by atoms with Crippen molar-refractivity contribution in [2.24, 2.45) is 0 Å². The minimum atomic E-state index is -0.625. The molecule has 0 saturated carbocycles. The number of thiophene rings is 1. The van der Waals surface area contributed by atoms with E-state index in [1.165, 1.54) is 0 Å². The van der Waals surface area contributed by atoms with Crippen LogP contribution in [0.2, 0.25) is 0 Å². The van der Waals surface area contributed by atoms with E-state index in [-0.39, 0.29) is 16.5 Å². The molecular formula is C16H18N2O3S. The third-order valence-electron chi connectivity index (χ3n) is 3.43. The molecule has 0 atom stereocenters. The van der Waals surface area contributed by atoms with E-state index in [9.17, 15) is 9.59 Å². The van der Waals surface area contributed by atoms with E-state index in [0.29, 0.717) is 10.4 Å². The minimum Gasteiger partial charge on any atom is -0.390 e. The molecule has 0 bridgehead atoms. The van der Waals surface area contributed by atoms with Crippen molar-refractivity contribution in [1.29, 1.82) is 0 Å². The summed E-state index contributed by atoms with van der Waals surface area (Å²) >= 11 is 1.05. The van der Waals surface area contributed by atoms with Gasteiger partial charge in [-0.2, -0.15) is 0 Å². The normalized spacial score (nSPS) is 10.5. The lowest BCUT2D eigenvalue weighted by atomic mass is 10.1. The van der Waals surface area contributed by atoms with E-state index < -0.39 is 12.4 Å². The highest BCUT2D eigenvalue weighted by molar-refractivity contribution is 7.18. The Morgan fingerprint density at radius 2 is 1.95 bits per heavy atom. The molecule has 0 spiro atoms. The Hall–Kier alpha value is -2.18. The largest absolute Gasteiger partial charge is 0.390 e. The molecule has 2 rings (SSSR count). The maximum Gasteiger partial charge on any atom is 0.266 e. The van der Waals surface area contributed by atoms with Gasteiger partial charge < -0.3 is 16.2 Å². The van der Waals surface area contributed by atoms with Crippen molar-refractivity contribution in [2.75, 3.05) is 17.7 Å². The van der Waals surface area contributed by atoms with Crippen LogP contribution in [0, 0.1) is 20.8 Å². The van der Waals surface area contributed by atoms with Gasteiger partial charge >= 0.3 is 0 Å². The van der Waals surface area contributed by atoms with E-state index in [0.717, 1.165) is 28.2 Å². The topological polar surface area (TPSA) is 92.4 Å². The molecule has 0 radical (unpaired) electrons. The van der Waals surface area contributed by atoms with Crippen molar-refractivity contribution in [3.05, 3.63) is 45.3 Å². The lowest BCUT2D eigenvalue weighted by molar-refractivity contribution is 0.0904. The van der Waals surface area contributed by atoms with Crippen molar-refractivity contribution in [1.82, 2.24) is 0 Å². The van der Waals surface area contributed by atoms with Gasteiger partial charge in [0, 0.05) is 5.69 Å². The second-order valence-electron chi connectivity index (χ2n) is 5.15. The summed E-state index contributed by atoms with van der Waals surface area (Å²) in [6.07, 6.45) is 0. The van der Waals surface area contributed by atoms with Crippen molar-refractivity contribution < 1.29 is 14.7 Å². The van der Waals surface area contributed by atoms with Gasteiger partial charge in [-0.3, -0.25) is 9.59 Å². The fraction of sp³-hybridized carbons (Fsp3) is 0.250. The maximum absolute atomic E-state index is 12.4. The zero-order valence-corrected chi connectivity index (χ0v) is 13.5. The number of amides is 1. The first-order valence-electron chi connectivity index (χ1n) is 6.76. The summed E-state index contributed by atoms with van der Waals surface area (Å²) in [6.45, 7) is 4.93. The number of anilines is 2. The molecule has 5 nitrogen and oxygen atoms in total. The molecule has 0 aliphatic heterocycles. The van der Waals surface area contributed by atoms with E-state index in [4.69, 9.17) is 10.8 Å². The molecule has 116 valence electrons. The van der Waals surface area contributed by atoms with Crippen LogP contribution in [0.3, 0.4) is 0 Å². The molecule has 1 heterocycles. The van der Waals surface area contributed by atoms with Crippen LogP contribution in [0.1, 0.15) is 36.7 Å². The van der Waals surface area contributed by atoms with Crippen LogP contribution in [0.15, 0.2) is 18.2 Å². The number of carbonyl (C=O) groups is 2. The standard InChI is InChI=1S/C16H18N2O3S/c1-8-4-5-11(9(2)6-8)18-16(21)14-10(3)13(12(20)7-19)15(17)22-14/h4-6,19H,7,17H2,1-3H3,(H,18,21). The summed E-state index contributed by atoms with van der Waals surface area (Å²) in [5.74, 6) is -0.782. The van der Waals surface area contributed by atoms with Crippen LogP contribution >= 0.6 is 11.3 Å². The van der Waals surface area contributed by atoms with Crippen molar-refractivity contribution in [3.63, 3.8) is 0 Å². The van der Waals surface area contributed by atoms with Gasteiger partial charge in [-0.1, -0.05) is 17.7 Å². The van der Waals surface area contributed by atoms with Crippen molar-refractivity contribution >= 4 is 33.7 Å². The zero-order chi connectivity index (χ0) is 16.4. The molecule has 0 aliphatic carbocycles. The number of aryl methyl sites for hydroxylation is 2. The van der Waals surface area contributed by atoms with Crippen LogP contribution in [0.5, 0.6) is 0 Å². The number of aliphatic hydroxyl groups excluding tert-OH is 1. The van der Waals surface area contributed by atoms with Gasteiger partial charge in [-0.05, 0) is 38.0 Å². The second-order valence-corrected chi connectivity index (χ2v) is 6.20. The summed E-state index contributed by atoms with van der Waals surface area (Å²) in [5, 5.41) is 12.1. The highest BCUT2D eigenvalue weighted by atomic mass is 32.1. The van der Waals surface area contributed by atoms with Crippen molar-refractivity contribution in [3.8, 4) is 0 Å². The number of hydrogen-bond acceptors (Lipinski definition) is 5. The smallest absolute Gasteiger partial charge is 0.266 e. The highest BCUT2D eigenvalue weighted by Crippen LogP contribution is 2.31. The number of hydrogen-bond donors (Lipinski definition) is 3. The fourth-order valence-electron chi connectivity index (χ4n) is 2.31. The van der Waals surface area contributed by atoms with Gasteiger partial charge in [0.2, 0.25) is 0 Å². The lowest BCUT2D eigenvalue weighted by Gasteiger charge is -2.08. The lowest BCUT2D eigenvalue weighted by Crippen LogP contribution is -2.13. The molecule has 0 unspecified atom stereocenters. The Morgan fingerprint density at radius 3 is 2.55 bits per heavy atom. The number of ketones is 1. The van der Waals surface area contributed by atoms with Gasteiger partial charge in [-0.15, -0.1) is 11.3 Å². The molecule has 0 aliphatic rings. The van der Waals surface area contributed by atoms with Crippen molar-refractivity contribution in [2.45, 2.75) is 20.8 Å². The SMILES string of the molecule is Cc1ccc(NC(=O)c2sc(N)c(C(=O)CO)c2C)c(C)c1. The summed E-state index contributed by atoms with van der Waals surface area (Å²) in [4.78, 5) is 24.5. The van der Waals surface area contributed by atoms with Crippen LogP contribution in [-0.2, 0) is 0 Å². The molecular weight excluding hydrogens is 300 g/mol. The van der Waals surface area contributed by atoms with Gasteiger partial charge in [-0.25, -0.2) is 0 Å². The zero-order valence-electron chi connectivity index (χ0n) is 12.7. The number of nitrogen functional groups attached to an aromatic ring is 1. The van der Waals surface area contributed by atoms with E-state index in [1.54, 1.807) is 6.92 Å². The molecule has 0 saturated heterocycles. The fourth-order valence-corrected chi connectivity index (χ4v) is 3.30. The first-order chi connectivity index (χ1) is 10.3. The second kappa shape index (κ2) is 6.29. The number of carbonyl (C=O) groups excluding carboxylic acids is 2. The van der Waals surface area contributed by atoms with E-state index >= 15 is 0 Å². The highest BCUT2D eigenvalue weighted by Gasteiger charge is 2.23. The summed E-state index contributed by atoms with van der Waals surface area (Å²) in [6, 6.07) is 5.74. The van der Waals surface area contributed by atoms with Gasteiger partial charge in [0.1, 0.15) is 6.61 Å². The Kier molecular flexibility index (Phi) is 4.63. The Bertz CT molecular complexity index is 750. The average Bonchev–Trinajstić information content (AvgIpc) is 2.76. The number of aliphatic hydroxyl groups is 1. The third-order valence-corrected chi connectivity index (χ3v) is 4.55. The van der Waals surface area contributed by atoms with Crippen LogP contribution < -0.4 is 11.1 Å². The number of Topliss-reactive ketones (excluding diaryl/α,β-unsaturated/α-hetero) is 1. The van der Waals surface area contributed by atoms with Gasteiger partial charge in [0.05, 0.1) is 15.4 Å². The average molecular weight is 318 g/mol. The number of nitrogens with two attached hydrogens (primary N) is 1. The molecule has 2 aromatic rings. The van der Waals surface area contributed by atoms with Gasteiger partial charge in [0.25, 0.3) is 5.91 Å². The van der Waals surface area contributed by atoms with Crippen LogP contribution in [-0.4, -0.2) is 23.4 Å². The van der Waals surface area contributed by atoms with Crippen LogP contribution in [0.4, 0.5) is 10.7 Å². The first-order valence-corrected chi connectivity index (χ1v) is 7.58. The molecule has 6 heteroatoms. The molecule has 1 aromatic heterocycles. The summed E-state index contributed by atoms with van der Waals surface area (Å²) < 4.78 is 0. The predicted molar refractivity (Wildman–Crippen MR) is 88.8 cm³/mol. The van der Waals surface area contributed by atoms with Crippen LogP contribution in [0.25, 0.3) is 0 Å². The quantitative estimate of drug-likeness (QED) is 0.756. The summed E-state index contributed by atoms with van der Waals surface area (Å²) in [5.41, 5.74) is 9.34.